The van der Waals surface area contributed by atoms with Crippen molar-refractivity contribution < 1.29 is 75.0 Å². The van der Waals surface area contributed by atoms with Gasteiger partial charge in [0, 0.05) is 6.20 Å². The van der Waals surface area contributed by atoms with E-state index in [1.165, 1.54) is 0 Å². The lowest BCUT2D eigenvalue weighted by Crippen LogP contribution is -2.74. The first-order valence-corrected chi connectivity index (χ1v) is 8.08. The van der Waals surface area contributed by atoms with Gasteiger partial charge in [-0.25, -0.2) is 13.8 Å². The van der Waals surface area contributed by atoms with Crippen molar-refractivity contribution in [3.63, 3.8) is 0 Å². The number of pyridine rings is 1. The summed E-state index contributed by atoms with van der Waals surface area (Å²) in [6, 6.07) is 1.28. The van der Waals surface area contributed by atoms with E-state index < -0.39 is 64.6 Å². The van der Waals surface area contributed by atoms with E-state index in [4.69, 9.17) is 11.6 Å². The first kappa shape index (κ1) is 29.8. The van der Waals surface area contributed by atoms with Gasteiger partial charge in [0.25, 0.3) is 0 Å². The molecule has 1 amide bonds. The average Bonchev–Trinajstić information content (AvgIpc) is 2.68. The highest BCUT2D eigenvalue weighted by molar-refractivity contribution is 6.32. The minimum Gasteiger partial charge on any atom is -0.318 e. The van der Waals surface area contributed by atoms with Crippen LogP contribution >= 0.6 is 11.6 Å². The molecule has 1 rings (SSSR count). The van der Waals surface area contributed by atoms with Crippen LogP contribution < -0.4 is 5.32 Å². The molecule has 0 atom stereocenters. The maximum Gasteiger partial charge on any atom is 0.393 e. The molecule has 0 fully saturated rings. The normalized spacial score (nSPS) is 15.0. The lowest BCUT2D eigenvalue weighted by molar-refractivity contribution is -0.443. The molecular weight excluding hydrogens is 552 g/mol. The fourth-order valence-electron chi connectivity index (χ4n) is 1.96. The molecular formula is C14H5ClF16N2O. The number of alkyl halides is 16. The second kappa shape index (κ2) is 8.47. The van der Waals surface area contributed by atoms with Gasteiger partial charge in [0.1, 0.15) is 0 Å². The van der Waals surface area contributed by atoms with Crippen molar-refractivity contribution >= 4 is 23.2 Å². The minimum absolute atomic E-state index is 0.509. The standard InChI is InChI=1S/C14H5ClF16N2O/c15-5-4(2-1-3-32-5)33-7(34)9(20,21)11(24,25)13(28,29)14(30,31)12(26,27)10(22,23)8(18,19)6(16)17/h1-3,6H,(H,33,34). The number of nitrogens with one attached hydrogen (secondary N) is 1. The average molecular weight is 557 g/mol. The molecule has 20 heteroatoms. The smallest absolute Gasteiger partial charge is 0.318 e. The molecule has 0 saturated heterocycles. The molecule has 1 N–H and O–H groups in total. The molecule has 1 aromatic heterocycles. The number of anilines is 1. The van der Waals surface area contributed by atoms with Crippen molar-refractivity contribution in [2.45, 2.75) is 47.9 Å². The number of rotatable bonds is 9. The summed E-state index contributed by atoms with van der Waals surface area (Å²) in [7, 11) is 0. The summed E-state index contributed by atoms with van der Waals surface area (Å²) in [5.41, 5.74) is -1.15. The van der Waals surface area contributed by atoms with Gasteiger partial charge in [-0.1, -0.05) is 11.6 Å². The topological polar surface area (TPSA) is 42.0 Å². The number of amides is 1. The number of hydrogen-bond donors (Lipinski definition) is 1. The van der Waals surface area contributed by atoms with Gasteiger partial charge in [-0.3, -0.25) is 4.79 Å². The highest BCUT2D eigenvalue weighted by atomic mass is 35.5. The number of carbonyl (C=O) groups is 1. The first-order valence-electron chi connectivity index (χ1n) is 7.70. The van der Waals surface area contributed by atoms with Crippen molar-refractivity contribution in [1.82, 2.24) is 4.98 Å². The van der Waals surface area contributed by atoms with Gasteiger partial charge in [-0.2, -0.15) is 61.5 Å². The van der Waals surface area contributed by atoms with E-state index >= 15 is 0 Å². The third kappa shape index (κ3) is 3.98. The van der Waals surface area contributed by atoms with Crippen LogP contribution in [0.5, 0.6) is 0 Å². The van der Waals surface area contributed by atoms with Crippen LogP contribution in [0.3, 0.4) is 0 Å². The summed E-state index contributed by atoms with van der Waals surface area (Å²) in [4.78, 5) is 14.4. The summed E-state index contributed by atoms with van der Waals surface area (Å²) in [5.74, 6) is -60.1. The predicted octanol–water partition coefficient (Wildman–Crippen LogP) is 6.39. The predicted molar refractivity (Wildman–Crippen MR) is 78.5 cm³/mol. The van der Waals surface area contributed by atoms with Crippen molar-refractivity contribution in [2.75, 3.05) is 5.32 Å². The molecule has 0 bridgehead atoms. The van der Waals surface area contributed by atoms with Crippen LogP contribution in [-0.2, 0) is 4.79 Å². The fourth-order valence-corrected chi connectivity index (χ4v) is 2.12. The monoisotopic (exact) mass is 556 g/mol. The molecule has 0 aliphatic rings. The first-order chi connectivity index (χ1) is 14.9. The van der Waals surface area contributed by atoms with Crippen LogP contribution in [0, 0.1) is 0 Å². The van der Waals surface area contributed by atoms with Gasteiger partial charge in [0.05, 0.1) is 5.69 Å². The maximum atomic E-state index is 13.7. The Morgan fingerprint density at radius 2 is 1.18 bits per heavy atom. The lowest BCUT2D eigenvalue weighted by Gasteiger charge is -2.42. The third-order valence-electron chi connectivity index (χ3n) is 3.96. The van der Waals surface area contributed by atoms with Crippen LogP contribution in [0.2, 0.25) is 5.15 Å². The number of nitrogens with zero attached hydrogens (tertiary/aromatic N) is 1. The van der Waals surface area contributed by atoms with Crippen LogP contribution in [0.4, 0.5) is 75.9 Å². The van der Waals surface area contributed by atoms with E-state index in [-0.39, 0.29) is 0 Å². The number of hydrogen-bond acceptors (Lipinski definition) is 2. The zero-order chi connectivity index (χ0) is 27.3. The lowest BCUT2D eigenvalue weighted by atomic mass is 9.89. The highest BCUT2D eigenvalue weighted by Crippen LogP contribution is 2.62. The van der Waals surface area contributed by atoms with Crippen molar-refractivity contribution in [3.05, 3.63) is 23.5 Å². The van der Waals surface area contributed by atoms with Gasteiger partial charge in [0.15, 0.2) is 5.15 Å². The zero-order valence-electron chi connectivity index (χ0n) is 15.1. The van der Waals surface area contributed by atoms with E-state index in [1.54, 1.807) is 0 Å². The second-order valence-electron chi connectivity index (χ2n) is 6.17. The van der Waals surface area contributed by atoms with Crippen molar-refractivity contribution in [3.8, 4) is 0 Å². The molecule has 0 saturated carbocycles. The Morgan fingerprint density at radius 3 is 1.59 bits per heavy atom. The van der Waals surface area contributed by atoms with E-state index in [0.29, 0.717) is 11.4 Å². The summed E-state index contributed by atoms with van der Waals surface area (Å²) in [6.45, 7) is 0. The molecule has 0 aliphatic heterocycles. The second-order valence-corrected chi connectivity index (χ2v) is 6.52. The molecule has 196 valence electrons. The number of aromatic nitrogens is 1. The van der Waals surface area contributed by atoms with Crippen LogP contribution in [0.15, 0.2) is 18.3 Å². The number of carbonyl (C=O) groups excluding carboxylic acids is 1. The van der Waals surface area contributed by atoms with Gasteiger partial charge in [-0.15, -0.1) is 0 Å². The Balaban J connectivity index is 3.56. The molecule has 34 heavy (non-hydrogen) atoms. The summed E-state index contributed by atoms with van der Waals surface area (Å²) in [5, 5.41) is -0.287. The molecule has 0 aliphatic carbocycles. The maximum absolute atomic E-state index is 13.7. The molecule has 0 unspecified atom stereocenters. The quantitative estimate of drug-likeness (QED) is 0.283. The molecule has 0 aromatic carbocycles. The molecule has 1 aromatic rings. The highest BCUT2D eigenvalue weighted by Gasteiger charge is 2.94. The van der Waals surface area contributed by atoms with Crippen LogP contribution in [0.25, 0.3) is 0 Å². The van der Waals surface area contributed by atoms with Gasteiger partial charge < -0.3 is 5.32 Å². The van der Waals surface area contributed by atoms with Gasteiger partial charge in [-0.05, 0) is 12.1 Å². The van der Waals surface area contributed by atoms with Crippen LogP contribution in [-0.4, -0.2) is 58.8 Å². The fraction of sp³-hybridized carbons (Fsp3) is 0.571. The van der Waals surface area contributed by atoms with Crippen LogP contribution in [0.1, 0.15) is 0 Å². The van der Waals surface area contributed by atoms with Gasteiger partial charge >= 0.3 is 53.8 Å². The Bertz CT molecular complexity index is 919. The molecule has 0 radical (unpaired) electrons. The summed E-state index contributed by atoms with van der Waals surface area (Å²) in [6.07, 6.45) is -5.13. The van der Waals surface area contributed by atoms with E-state index in [2.05, 4.69) is 4.98 Å². The SMILES string of the molecule is O=C(Nc1cccnc1Cl)C(F)(F)C(F)(F)C(F)(F)C(F)(F)C(F)(F)C(F)(F)C(F)(F)C(F)F. The summed E-state index contributed by atoms with van der Waals surface area (Å²) < 4.78 is 211. The van der Waals surface area contributed by atoms with E-state index in [1.807, 2.05) is 0 Å². The van der Waals surface area contributed by atoms with Crippen molar-refractivity contribution in [1.29, 1.82) is 0 Å². The largest absolute Gasteiger partial charge is 0.393 e. The summed E-state index contributed by atoms with van der Waals surface area (Å²) >= 11 is 5.23. The Morgan fingerprint density at radius 1 is 0.765 bits per heavy atom. The van der Waals surface area contributed by atoms with E-state index in [9.17, 15) is 75.0 Å². The zero-order valence-corrected chi connectivity index (χ0v) is 15.8. The van der Waals surface area contributed by atoms with Crippen molar-refractivity contribution in [2.24, 2.45) is 0 Å². The Labute approximate surface area is 181 Å². The van der Waals surface area contributed by atoms with Gasteiger partial charge in [0.2, 0.25) is 0 Å². The molecule has 3 nitrogen and oxygen atoms in total. The van der Waals surface area contributed by atoms with E-state index in [0.717, 1.165) is 12.3 Å². The Hall–Kier alpha value is -2.21. The molecule has 1 heterocycles. The molecule has 0 spiro atoms. The minimum atomic E-state index is -8.58. The Kier molecular flexibility index (Phi) is 7.43. The number of halogens is 17. The third-order valence-corrected chi connectivity index (χ3v) is 4.26.